The number of anilines is 1. The van der Waals surface area contributed by atoms with Gasteiger partial charge in [-0.2, -0.15) is 0 Å². The van der Waals surface area contributed by atoms with Crippen molar-refractivity contribution in [3.05, 3.63) is 40.9 Å². The van der Waals surface area contributed by atoms with Gasteiger partial charge in [0.15, 0.2) is 11.7 Å². The molecule has 20 heavy (non-hydrogen) atoms. The molecule has 0 aliphatic carbocycles. The summed E-state index contributed by atoms with van der Waals surface area (Å²) < 4.78 is 5.47. The number of carbonyl (C=O) groups excluding carboxylic acids is 1. The Labute approximate surface area is 122 Å². The highest BCUT2D eigenvalue weighted by Gasteiger charge is 2.06. The number of hydrogen-bond donors (Lipinski definition) is 2. The van der Waals surface area contributed by atoms with Gasteiger partial charge in [-0.15, -0.1) is 11.3 Å². The summed E-state index contributed by atoms with van der Waals surface area (Å²) in [6.45, 7) is 2.36. The minimum Gasteiger partial charge on any atom is -0.484 e. The number of thiazole rings is 1. The molecule has 5 nitrogen and oxygen atoms in total. The van der Waals surface area contributed by atoms with E-state index in [9.17, 15) is 4.79 Å². The summed E-state index contributed by atoms with van der Waals surface area (Å²) in [6.07, 6.45) is 0. The second kappa shape index (κ2) is 6.91. The van der Waals surface area contributed by atoms with Crippen LogP contribution in [0.3, 0.4) is 0 Å². The van der Waals surface area contributed by atoms with Crippen molar-refractivity contribution in [2.24, 2.45) is 0 Å². The molecule has 0 aliphatic heterocycles. The molecule has 1 heterocycles. The van der Waals surface area contributed by atoms with Crippen molar-refractivity contribution in [2.75, 3.05) is 19.0 Å². The van der Waals surface area contributed by atoms with Crippen molar-refractivity contribution < 1.29 is 9.53 Å². The number of nitrogens with one attached hydrogen (secondary N) is 2. The Kier molecular flexibility index (Phi) is 4.95. The van der Waals surface area contributed by atoms with Crippen LogP contribution in [0.5, 0.6) is 5.75 Å². The van der Waals surface area contributed by atoms with Crippen LogP contribution in [0.1, 0.15) is 11.3 Å². The average Bonchev–Trinajstić information content (AvgIpc) is 2.92. The molecule has 106 valence electrons. The standard InChI is InChI=1S/C14H17N3O2S/c1-10-5-3-4-6-12(10)19-8-13(18)16-7-11-9-20-14(15-2)17-11/h3-6,9H,7-8H2,1-2H3,(H,15,17)(H,16,18). The predicted octanol–water partition coefficient (Wildman–Crippen LogP) is 2.19. The van der Waals surface area contributed by atoms with Crippen LogP contribution in [0.4, 0.5) is 5.13 Å². The maximum Gasteiger partial charge on any atom is 0.258 e. The van der Waals surface area contributed by atoms with E-state index in [1.54, 1.807) is 0 Å². The fourth-order valence-electron chi connectivity index (χ4n) is 1.60. The molecule has 2 rings (SSSR count). The van der Waals surface area contributed by atoms with Crippen molar-refractivity contribution in [2.45, 2.75) is 13.5 Å². The molecule has 6 heteroatoms. The summed E-state index contributed by atoms with van der Waals surface area (Å²) in [5, 5.41) is 8.49. The Morgan fingerprint density at radius 2 is 2.20 bits per heavy atom. The van der Waals surface area contributed by atoms with Gasteiger partial charge in [-0.1, -0.05) is 18.2 Å². The lowest BCUT2D eigenvalue weighted by atomic mass is 10.2. The molecule has 0 aliphatic rings. The summed E-state index contributed by atoms with van der Waals surface area (Å²) >= 11 is 1.51. The number of ether oxygens (including phenoxy) is 1. The number of aromatic nitrogens is 1. The maximum absolute atomic E-state index is 11.7. The van der Waals surface area contributed by atoms with Crippen molar-refractivity contribution in [1.82, 2.24) is 10.3 Å². The van der Waals surface area contributed by atoms with Crippen molar-refractivity contribution >= 4 is 22.4 Å². The summed E-state index contributed by atoms with van der Waals surface area (Å²) in [5.41, 5.74) is 1.85. The number of carbonyl (C=O) groups is 1. The van der Waals surface area contributed by atoms with Gasteiger partial charge in [0, 0.05) is 12.4 Å². The molecule has 0 fully saturated rings. The summed E-state index contributed by atoms with van der Waals surface area (Å²) in [7, 11) is 1.82. The Bertz CT molecular complexity index is 583. The number of para-hydroxylation sites is 1. The molecule has 1 aromatic heterocycles. The molecule has 2 N–H and O–H groups in total. The second-order valence-corrected chi connectivity index (χ2v) is 5.08. The Morgan fingerprint density at radius 3 is 2.90 bits per heavy atom. The van der Waals surface area contributed by atoms with Crippen molar-refractivity contribution in [3.8, 4) is 5.75 Å². The zero-order chi connectivity index (χ0) is 14.4. The first-order valence-electron chi connectivity index (χ1n) is 6.26. The van der Waals surface area contributed by atoms with Gasteiger partial charge in [0.05, 0.1) is 12.2 Å². The molecular formula is C14H17N3O2S. The van der Waals surface area contributed by atoms with Crippen molar-refractivity contribution in [1.29, 1.82) is 0 Å². The predicted molar refractivity (Wildman–Crippen MR) is 80.2 cm³/mol. The van der Waals surface area contributed by atoms with Crippen LogP contribution in [0.25, 0.3) is 0 Å². The highest BCUT2D eigenvalue weighted by atomic mass is 32.1. The monoisotopic (exact) mass is 291 g/mol. The Hall–Kier alpha value is -2.08. The molecule has 0 saturated heterocycles. The topological polar surface area (TPSA) is 63.2 Å². The van der Waals surface area contributed by atoms with E-state index >= 15 is 0 Å². The third kappa shape index (κ3) is 3.96. The summed E-state index contributed by atoms with van der Waals surface area (Å²) in [5.74, 6) is 0.570. The van der Waals surface area contributed by atoms with Gasteiger partial charge < -0.3 is 15.4 Å². The van der Waals surface area contributed by atoms with E-state index in [2.05, 4.69) is 15.6 Å². The van der Waals surface area contributed by atoms with E-state index in [0.29, 0.717) is 6.54 Å². The van der Waals surface area contributed by atoms with Crippen LogP contribution in [-0.4, -0.2) is 24.5 Å². The van der Waals surface area contributed by atoms with Crippen LogP contribution < -0.4 is 15.4 Å². The normalized spacial score (nSPS) is 10.1. The van der Waals surface area contributed by atoms with Gasteiger partial charge in [0.25, 0.3) is 5.91 Å². The van der Waals surface area contributed by atoms with E-state index in [1.165, 1.54) is 11.3 Å². The van der Waals surface area contributed by atoms with E-state index in [4.69, 9.17) is 4.74 Å². The van der Waals surface area contributed by atoms with Gasteiger partial charge in [0.1, 0.15) is 5.75 Å². The molecule has 0 spiro atoms. The van der Waals surface area contributed by atoms with Crippen LogP contribution in [0.15, 0.2) is 29.6 Å². The Balaban J connectivity index is 1.77. The third-order valence-electron chi connectivity index (χ3n) is 2.68. The first-order chi connectivity index (χ1) is 9.69. The summed E-state index contributed by atoms with van der Waals surface area (Å²) in [4.78, 5) is 16.0. The van der Waals surface area contributed by atoms with Gasteiger partial charge in [-0.05, 0) is 18.6 Å². The van der Waals surface area contributed by atoms with Crippen LogP contribution in [0, 0.1) is 6.92 Å². The van der Waals surface area contributed by atoms with Gasteiger partial charge in [-0.3, -0.25) is 4.79 Å². The van der Waals surface area contributed by atoms with Crippen LogP contribution >= 0.6 is 11.3 Å². The first kappa shape index (κ1) is 14.3. The number of rotatable bonds is 6. The van der Waals surface area contributed by atoms with Gasteiger partial charge in [-0.25, -0.2) is 4.98 Å². The molecule has 1 amide bonds. The zero-order valence-electron chi connectivity index (χ0n) is 11.5. The summed E-state index contributed by atoms with van der Waals surface area (Å²) in [6, 6.07) is 7.61. The average molecular weight is 291 g/mol. The van der Waals surface area contributed by atoms with E-state index < -0.39 is 0 Å². The third-order valence-corrected chi connectivity index (χ3v) is 3.59. The maximum atomic E-state index is 11.7. The number of nitrogens with zero attached hydrogens (tertiary/aromatic N) is 1. The highest BCUT2D eigenvalue weighted by molar-refractivity contribution is 7.13. The SMILES string of the molecule is CNc1nc(CNC(=O)COc2ccccc2C)cs1. The zero-order valence-corrected chi connectivity index (χ0v) is 12.3. The number of amides is 1. The molecular weight excluding hydrogens is 274 g/mol. The Morgan fingerprint density at radius 1 is 1.40 bits per heavy atom. The number of hydrogen-bond acceptors (Lipinski definition) is 5. The minimum atomic E-state index is -0.160. The highest BCUT2D eigenvalue weighted by Crippen LogP contribution is 2.16. The largest absolute Gasteiger partial charge is 0.484 e. The fraction of sp³-hybridized carbons (Fsp3) is 0.286. The fourth-order valence-corrected chi connectivity index (χ4v) is 2.28. The van der Waals surface area contributed by atoms with E-state index in [1.807, 2.05) is 43.6 Å². The molecule has 1 aromatic carbocycles. The lowest BCUT2D eigenvalue weighted by molar-refractivity contribution is -0.123. The van der Waals surface area contributed by atoms with Crippen molar-refractivity contribution in [3.63, 3.8) is 0 Å². The lowest BCUT2D eigenvalue weighted by Gasteiger charge is -2.08. The lowest BCUT2D eigenvalue weighted by Crippen LogP contribution is -2.28. The van der Waals surface area contributed by atoms with E-state index in [0.717, 1.165) is 22.1 Å². The molecule has 0 radical (unpaired) electrons. The van der Waals surface area contributed by atoms with E-state index in [-0.39, 0.29) is 12.5 Å². The van der Waals surface area contributed by atoms with Gasteiger partial charge in [0.2, 0.25) is 0 Å². The molecule has 2 aromatic rings. The molecule has 0 unspecified atom stereocenters. The number of benzene rings is 1. The smallest absolute Gasteiger partial charge is 0.258 e. The first-order valence-corrected chi connectivity index (χ1v) is 7.14. The molecule has 0 bridgehead atoms. The molecule has 0 saturated carbocycles. The van der Waals surface area contributed by atoms with Gasteiger partial charge >= 0.3 is 0 Å². The quantitative estimate of drug-likeness (QED) is 0.856. The molecule has 0 atom stereocenters. The minimum absolute atomic E-state index is 0.00781. The van der Waals surface area contributed by atoms with Crippen LogP contribution in [0.2, 0.25) is 0 Å². The second-order valence-electron chi connectivity index (χ2n) is 4.22. The van der Waals surface area contributed by atoms with Crippen LogP contribution in [-0.2, 0) is 11.3 Å². The number of aryl methyl sites for hydroxylation is 1.